The zero-order valence-corrected chi connectivity index (χ0v) is 13.9. The first-order valence-corrected chi connectivity index (χ1v) is 8.29. The minimum atomic E-state index is -0.130. The molecule has 3 aromatic rings. The summed E-state index contributed by atoms with van der Waals surface area (Å²) in [5, 5.41) is 6.19. The zero-order valence-electron chi connectivity index (χ0n) is 13.9. The van der Waals surface area contributed by atoms with Gasteiger partial charge >= 0.3 is 0 Å². The molecule has 25 heavy (non-hydrogen) atoms. The van der Waals surface area contributed by atoms with Crippen LogP contribution in [0.15, 0.2) is 82.5 Å². The molecule has 2 heterocycles. The molecule has 0 bridgehead atoms. The summed E-state index contributed by atoms with van der Waals surface area (Å²) in [4.78, 5) is 13.1. The zero-order chi connectivity index (χ0) is 17.2. The highest BCUT2D eigenvalue weighted by molar-refractivity contribution is 6.03. The third kappa shape index (κ3) is 2.98. The van der Waals surface area contributed by atoms with Crippen molar-refractivity contribution in [3.63, 3.8) is 0 Å². The Morgan fingerprint density at radius 3 is 2.64 bits per heavy atom. The van der Waals surface area contributed by atoms with Gasteiger partial charge < -0.3 is 4.42 Å². The molecule has 4 heteroatoms. The summed E-state index contributed by atoms with van der Waals surface area (Å²) < 4.78 is 5.49. The fourth-order valence-corrected chi connectivity index (χ4v) is 3.13. The molecule has 1 aromatic heterocycles. The van der Waals surface area contributed by atoms with Crippen molar-refractivity contribution in [1.29, 1.82) is 0 Å². The highest BCUT2D eigenvalue weighted by atomic mass is 16.3. The normalized spacial score (nSPS) is 16.8. The smallest absolute Gasteiger partial charge is 0.274 e. The SMILES string of the molecule is Cc1cccc(C(=O)N2N=C(c3ccco3)C[C@H]2c2ccccc2)c1. The minimum absolute atomic E-state index is 0.0980. The van der Waals surface area contributed by atoms with Crippen molar-refractivity contribution in [2.24, 2.45) is 5.10 Å². The number of furan rings is 1. The topological polar surface area (TPSA) is 45.8 Å². The Labute approximate surface area is 146 Å². The van der Waals surface area contributed by atoms with Gasteiger partial charge in [0.1, 0.15) is 11.5 Å². The molecule has 124 valence electrons. The van der Waals surface area contributed by atoms with Gasteiger partial charge in [-0.2, -0.15) is 5.10 Å². The molecule has 0 radical (unpaired) electrons. The first kappa shape index (κ1) is 15.4. The molecule has 4 nitrogen and oxygen atoms in total. The second kappa shape index (κ2) is 6.40. The van der Waals surface area contributed by atoms with Crippen molar-refractivity contribution in [3.8, 4) is 0 Å². The number of carbonyl (C=O) groups excluding carboxylic acids is 1. The molecule has 0 spiro atoms. The Balaban J connectivity index is 1.73. The van der Waals surface area contributed by atoms with Crippen LogP contribution in [0.1, 0.15) is 39.7 Å². The van der Waals surface area contributed by atoms with Crippen LogP contribution in [0, 0.1) is 6.92 Å². The largest absolute Gasteiger partial charge is 0.463 e. The molecule has 1 aliphatic heterocycles. The van der Waals surface area contributed by atoms with E-state index in [0.29, 0.717) is 17.7 Å². The van der Waals surface area contributed by atoms with Crippen LogP contribution < -0.4 is 0 Å². The maximum absolute atomic E-state index is 13.1. The fraction of sp³-hybridized carbons (Fsp3) is 0.143. The van der Waals surface area contributed by atoms with Crippen molar-refractivity contribution in [3.05, 3.63) is 95.4 Å². The monoisotopic (exact) mass is 330 g/mol. The van der Waals surface area contributed by atoms with Gasteiger partial charge in [-0.25, -0.2) is 5.01 Å². The van der Waals surface area contributed by atoms with Gasteiger partial charge in [-0.3, -0.25) is 4.79 Å². The van der Waals surface area contributed by atoms with Crippen LogP contribution >= 0.6 is 0 Å². The van der Waals surface area contributed by atoms with Gasteiger partial charge in [0, 0.05) is 12.0 Å². The molecule has 1 aliphatic rings. The van der Waals surface area contributed by atoms with E-state index in [0.717, 1.165) is 16.8 Å². The lowest BCUT2D eigenvalue weighted by Crippen LogP contribution is -2.27. The predicted octanol–water partition coefficient (Wildman–Crippen LogP) is 4.58. The number of benzene rings is 2. The van der Waals surface area contributed by atoms with Crippen LogP contribution in [0.5, 0.6) is 0 Å². The molecule has 0 saturated heterocycles. The highest BCUT2D eigenvalue weighted by Gasteiger charge is 2.34. The summed E-state index contributed by atoms with van der Waals surface area (Å²) in [6.45, 7) is 1.98. The standard InChI is InChI=1S/C21H18N2O2/c1-15-7-5-10-17(13-15)21(24)23-19(16-8-3-2-4-9-16)14-18(22-23)20-11-6-12-25-20/h2-13,19H,14H2,1H3/t19-/m0/s1. The number of nitrogens with zero attached hydrogens (tertiary/aromatic N) is 2. The van der Waals surface area contributed by atoms with Crippen molar-refractivity contribution in [2.75, 3.05) is 0 Å². The van der Waals surface area contributed by atoms with E-state index in [1.54, 1.807) is 11.3 Å². The molecule has 0 aliphatic carbocycles. The summed E-state index contributed by atoms with van der Waals surface area (Å²) in [5.74, 6) is 0.611. The van der Waals surface area contributed by atoms with Crippen molar-refractivity contribution in [1.82, 2.24) is 5.01 Å². The second-order valence-electron chi connectivity index (χ2n) is 6.17. The van der Waals surface area contributed by atoms with Gasteiger partial charge in [0.05, 0.1) is 12.3 Å². The molecule has 2 aromatic carbocycles. The Bertz CT molecular complexity index is 914. The van der Waals surface area contributed by atoms with Crippen LogP contribution in [-0.2, 0) is 0 Å². The number of rotatable bonds is 3. The Morgan fingerprint density at radius 2 is 1.92 bits per heavy atom. The molecule has 0 N–H and O–H groups in total. The summed E-state index contributed by atoms with van der Waals surface area (Å²) in [6, 6.07) is 21.2. The fourth-order valence-electron chi connectivity index (χ4n) is 3.13. The number of hydrogen-bond donors (Lipinski definition) is 0. The van der Waals surface area contributed by atoms with E-state index in [4.69, 9.17) is 4.42 Å². The van der Waals surface area contributed by atoms with Crippen molar-refractivity contribution in [2.45, 2.75) is 19.4 Å². The number of hydrogen-bond acceptors (Lipinski definition) is 3. The summed E-state index contributed by atoms with van der Waals surface area (Å²) in [7, 11) is 0. The Kier molecular flexibility index (Phi) is 3.94. The molecule has 0 unspecified atom stereocenters. The summed E-state index contributed by atoms with van der Waals surface area (Å²) in [5.41, 5.74) is 3.55. The summed E-state index contributed by atoms with van der Waals surface area (Å²) in [6.07, 6.45) is 2.26. The average Bonchev–Trinajstić information content (AvgIpc) is 3.31. The van der Waals surface area contributed by atoms with Crippen LogP contribution in [0.2, 0.25) is 0 Å². The van der Waals surface area contributed by atoms with Gasteiger partial charge in [0.25, 0.3) is 5.91 Å². The molecule has 0 saturated carbocycles. The molecular formula is C21H18N2O2. The number of carbonyl (C=O) groups is 1. The van der Waals surface area contributed by atoms with Crippen LogP contribution in [-0.4, -0.2) is 16.6 Å². The maximum atomic E-state index is 13.1. The van der Waals surface area contributed by atoms with Gasteiger partial charge in [0.15, 0.2) is 0 Å². The number of amides is 1. The molecule has 1 atom stereocenters. The lowest BCUT2D eigenvalue weighted by atomic mass is 10.0. The van der Waals surface area contributed by atoms with Gasteiger partial charge in [-0.1, -0.05) is 48.0 Å². The lowest BCUT2D eigenvalue weighted by molar-refractivity contribution is 0.0711. The first-order valence-electron chi connectivity index (χ1n) is 8.29. The van der Waals surface area contributed by atoms with Crippen LogP contribution in [0.3, 0.4) is 0 Å². The number of aryl methyl sites for hydroxylation is 1. The van der Waals surface area contributed by atoms with E-state index in [-0.39, 0.29) is 11.9 Å². The minimum Gasteiger partial charge on any atom is -0.463 e. The van der Waals surface area contributed by atoms with Gasteiger partial charge in [-0.05, 0) is 36.8 Å². The molecule has 0 fully saturated rings. The van der Waals surface area contributed by atoms with E-state index in [1.807, 2.05) is 73.7 Å². The van der Waals surface area contributed by atoms with Crippen molar-refractivity contribution >= 4 is 11.6 Å². The van der Waals surface area contributed by atoms with Crippen LogP contribution in [0.4, 0.5) is 0 Å². The Morgan fingerprint density at radius 1 is 1.08 bits per heavy atom. The van der Waals surface area contributed by atoms with Gasteiger partial charge in [-0.15, -0.1) is 0 Å². The van der Waals surface area contributed by atoms with E-state index in [9.17, 15) is 4.79 Å². The first-order chi connectivity index (χ1) is 12.2. The molecular weight excluding hydrogens is 312 g/mol. The lowest BCUT2D eigenvalue weighted by Gasteiger charge is -2.22. The van der Waals surface area contributed by atoms with E-state index in [1.165, 1.54) is 0 Å². The van der Waals surface area contributed by atoms with E-state index < -0.39 is 0 Å². The maximum Gasteiger partial charge on any atom is 0.274 e. The third-order valence-electron chi connectivity index (χ3n) is 4.37. The highest BCUT2D eigenvalue weighted by Crippen LogP contribution is 2.34. The predicted molar refractivity (Wildman–Crippen MR) is 96.4 cm³/mol. The quantitative estimate of drug-likeness (QED) is 0.705. The summed E-state index contributed by atoms with van der Waals surface area (Å²) >= 11 is 0. The second-order valence-corrected chi connectivity index (χ2v) is 6.17. The van der Waals surface area contributed by atoms with Gasteiger partial charge in [0.2, 0.25) is 0 Å². The van der Waals surface area contributed by atoms with Crippen LogP contribution in [0.25, 0.3) is 0 Å². The molecule has 4 rings (SSSR count). The molecule has 1 amide bonds. The third-order valence-corrected chi connectivity index (χ3v) is 4.37. The number of hydrazone groups is 1. The van der Waals surface area contributed by atoms with E-state index in [2.05, 4.69) is 5.10 Å². The van der Waals surface area contributed by atoms with E-state index >= 15 is 0 Å². The van der Waals surface area contributed by atoms with Crippen molar-refractivity contribution < 1.29 is 9.21 Å². The average molecular weight is 330 g/mol. The Hall–Kier alpha value is -3.14.